The van der Waals surface area contributed by atoms with E-state index in [1.165, 1.54) is 37.6 Å². The van der Waals surface area contributed by atoms with Crippen molar-refractivity contribution < 1.29 is 0 Å². The Balaban J connectivity index is 0.00000312. The molecular formula is C17H33IN6S. The molecule has 0 bridgehead atoms. The fraction of sp³-hybridized carbons (Fsp3) is 0.765. The number of halogens is 1. The predicted octanol–water partition coefficient (Wildman–Crippen LogP) is 2.07. The molecule has 0 atom stereocenters. The van der Waals surface area contributed by atoms with E-state index in [4.69, 9.17) is 0 Å². The maximum absolute atomic E-state index is 4.66. The summed E-state index contributed by atoms with van der Waals surface area (Å²) in [6, 6.07) is 0. The summed E-state index contributed by atoms with van der Waals surface area (Å²) in [6.45, 7) is 17.9. The molecule has 2 rings (SSSR count). The lowest BCUT2D eigenvalue weighted by molar-refractivity contribution is 0.139. The zero-order valence-electron chi connectivity index (χ0n) is 16.0. The van der Waals surface area contributed by atoms with Gasteiger partial charge in [0.05, 0.1) is 12.2 Å². The Kier molecular flexibility index (Phi) is 10.9. The molecule has 0 radical (unpaired) electrons. The van der Waals surface area contributed by atoms with Crippen molar-refractivity contribution >= 4 is 41.3 Å². The number of rotatable bonds is 7. The predicted molar refractivity (Wildman–Crippen MR) is 118 cm³/mol. The lowest BCUT2D eigenvalue weighted by atomic mass is 10.3. The normalized spacial score (nSPS) is 16.6. The minimum atomic E-state index is 0. The highest BCUT2D eigenvalue weighted by molar-refractivity contribution is 14.0. The monoisotopic (exact) mass is 480 g/mol. The smallest absolute Gasteiger partial charge is 0.191 e. The van der Waals surface area contributed by atoms with Gasteiger partial charge in [-0.1, -0.05) is 6.92 Å². The third-order valence-corrected chi connectivity index (χ3v) is 5.48. The third kappa shape index (κ3) is 7.76. The first-order valence-corrected chi connectivity index (χ1v) is 9.83. The zero-order valence-corrected chi connectivity index (χ0v) is 19.1. The fourth-order valence-electron chi connectivity index (χ4n) is 2.76. The van der Waals surface area contributed by atoms with Gasteiger partial charge in [0.2, 0.25) is 0 Å². The van der Waals surface area contributed by atoms with E-state index in [1.807, 2.05) is 0 Å². The molecule has 1 saturated heterocycles. The van der Waals surface area contributed by atoms with E-state index in [0.717, 1.165) is 36.3 Å². The second-order valence-corrected chi connectivity index (χ2v) is 7.43. The molecule has 1 aromatic rings. The van der Waals surface area contributed by atoms with Gasteiger partial charge in [0, 0.05) is 50.7 Å². The van der Waals surface area contributed by atoms with Crippen LogP contribution in [-0.4, -0.2) is 73.1 Å². The van der Waals surface area contributed by atoms with Crippen LogP contribution in [0.15, 0.2) is 4.99 Å². The molecule has 6 nitrogen and oxygen atoms in total. The van der Waals surface area contributed by atoms with Crippen LogP contribution >= 0.6 is 35.3 Å². The second kappa shape index (κ2) is 12.0. The first kappa shape index (κ1) is 22.6. The highest BCUT2D eigenvalue weighted by Gasteiger charge is 2.14. The molecule has 144 valence electrons. The molecule has 25 heavy (non-hydrogen) atoms. The van der Waals surface area contributed by atoms with Gasteiger partial charge < -0.3 is 15.5 Å². The molecule has 0 spiro atoms. The summed E-state index contributed by atoms with van der Waals surface area (Å²) in [5.41, 5.74) is 1.12. The highest BCUT2D eigenvalue weighted by Crippen LogP contribution is 2.16. The largest absolute Gasteiger partial charge is 0.357 e. The Bertz CT molecular complexity index is 506. The molecule has 1 fully saturated rings. The maximum atomic E-state index is 4.66. The summed E-state index contributed by atoms with van der Waals surface area (Å²) in [5, 5.41) is 7.84. The number of thiazole rings is 1. The molecule has 1 aliphatic rings. The van der Waals surface area contributed by atoms with Crippen LogP contribution in [0.3, 0.4) is 0 Å². The molecule has 0 unspecified atom stereocenters. The number of likely N-dealkylation sites (N-methyl/N-ethyl adjacent to an activating group) is 1. The number of hydrogen-bond acceptors (Lipinski definition) is 5. The minimum Gasteiger partial charge on any atom is -0.357 e. The molecule has 8 heteroatoms. The molecule has 0 aromatic carbocycles. The molecular weight excluding hydrogens is 447 g/mol. The molecule has 1 aliphatic heterocycles. The van der Waals surface area contributed by atoms with Gasteiger partial charge in [0.15, 0.2) is 5.96 Å². The van der Waals surface area contributed by atoms with Crippen molar-refractivity contribution in [3.8, 4) is 0 Å². The molecule has 0 amide bonds. The van der Waals surface area contributed by atoms with E-state index in [-0.39, 0.29) is 24.0 Å². The Hall–Kier alpha value is -0.450. The van der Waals surface area contributed by atoms with E-state index >= 15 is 0 Å². The summed E-state index contributed by atoms with van der Waals surface area (Å²) in [7, 11) is 0. The molecule has 1 aromatic heterocycles. The van der Waals surface area contributed by atoms with E-state index in [0.29, 0.717) is 6.54 Å². The van der Waals surface area contributed by atoms with Gasteiger partial charge in [-0.3, -0.25) is 4.90 Å². The first-order chi connectivity index (χ1) is 11.6. The van der Waals surface area contributed by atoms with Crippen molar-refractivity contribution in [3.05, 3.63) is 15.6 Å². The number of aryl methyl sites for hydroxylation is 2. The van der Waals surface area contributed by atoms with Crippen molar-refractivity contribution in [2.24, 2.45) is 4.99 Å². The summed E-state index contributed by atoms with van der Waals surface area (Å²) in [6.07, 6.45) is 0. The fourth-order valence-corrected chi connectivity index (χ4v) is 3.62. The summed E-state index contributed by atoms with van der Waals surface area (Å²) < 4.78 is 0. The van der Waals surface area contributed by atoms with Crippen molar-refractivity contribution in [2.45, 2.75) is 34.2 Å². The Labute approximate surface area is 173 Å². The highest BCUT2D eigenvalue weighted by atomic mass is 127. The molecule has 2 heterocycles. The van der Waals surface area contributed by atoms with Crippen molar-refractivity contribution in [3.63, 3.8) is 0 Å². The quantitative estimate of drug-likeness (QED) is 0.356. The maximum Gasteiger partial charge on any atom is 0.191 e. The van der Waals surface area contributed by atoms with Crippen LogP contribution in [0, 0.1) is 13.8 Å². The molecule has 2 N–H and O–H groups in total. The Morgan fingerprint density at radius 3 is 2.36 bits per heavy atom. The number of aromatic nitrogens is 1. The van der Waals surface area contributed by atoms with E-state index in [9.17, 15) is 0 Å². The van der Waals surface area contributed by atoms with E-state index in [2.05, 4.69) is 58.1 Å². The van der Waals surface area contributed by atoms with E-state index < -0.39 is 0 Å². The second-order valence-electron chi connectivity index (χ2n) is 6.15. The summed E-state index contributed by atoms with van der Waals surface area (Å²) in [5.74, 6) is 0.884. The van der Waals surface area contributed by atoms with Crippen LogP contribution in [0.2, 0.25) is 0 Å². The average molecular weight is 480 g/mol. The van der Waals surface area contributed by atoms with Gasteiger partial charge in [-0.15, -0.1) is 35.3 Å². The minimum absolute atomic E-state index is 0. The first-order valence-electron chi connectivity index (χ1n) is 9.02. The van der Waals surface area contributed by atoms with Crippen LogP contribution in [0.1, 0.15) is 29.4 Å². The van der Waals surface area contributed by atoms with Crippen LogP contribution in [-0.2, 0) is 6.54 Å². The molecule has 0 saturated carbocycles. The Morgan fingerprint density at radius 2 is 1.80 bits per heavy atom. The summed E-state index contributed by atoms with van der Waals surface area (Å²) >= 11 is 1.74. The lowest BCUT2D eigenvalue weighted by Crippen LogP contribution is -2.49. The topological polar surface area (TPSA) is 55.8 Å². The third-order valence-electron chi connectivity index (χ3n) is 4.42. The SMILES string of the molecule is CCNC(=NCc1nc(C)c(C)s1)NCCN1CCN(CC)CC1.I. The standard InChI is InChI=1S/C17H32N6S.HI/c1-5-18-17(20-13-16-21-14(3)15(4)24-16)19-7-8-23-11-9-22(6-2)10-12-23;/h5-13H2,1-4H3,(H2,18,19,20);1H. The number of nitrogens with one attached hydrogen (secondary N) is 2. The van der Waals surface area contributed by atoms with Gasteiger partial charge in [0.1, 0.15) is 5.01 Å². The average Bonchev–Trinajstić information content (AvgIpc) is 2.91. The summed E-state index contributed by atoms with van der Waals surface area (Å²) in [4.78, 5) is 15.5. The molecule has 0 aliphatic carbocycles. The van der Waals surface area contributed by atoms with Gasteiger partial charge >= 0.3 is 0 Å². The van der Waals surface area contributed by atoms with Crippen LogP contribution in [0.25, 0.3) is 0 Å². The van der Waals surface area contributed by atoms with Crippen LogP contribution < -0.4 is 10.6 Å². The number of aliphatic imine (C=N–C) groups is 1. The van der Waals surface area contributed by atoms with Crippen molar-refractivity contribution in [1.29, 1.82) is 0 Å². The Morgan fingerprint density at radius 1 is 1.12 bits per heavy atom. The van der Waals surface area contributed by atoms with Crippen LogP contribution in [0.4, 0.5) is 0 Å². The lowest BCUT2D eigenvalue weighted by Gasteiger charge is -2.34. The number of nitrogens with zero attached hydrogens (tertiary/aromatic N) is 4. The van der Waals surface area contributed by atoms with E-state index in [1.54, 1.807) is 11.3 Å². The number of hydrogen-bond donors (Lipinski definition) is 2. The van der Waals surface area contributed by atoms with Gasteiger partial charge in [-0.05, 0) is 27.3 Å². The van der Waals surface area contributed by atoms with Crippen LogP contribution in [0.5, 0.6) is 0 Å². The van der Waals surface area contributed by atoms with Crippen molar-refractivity contribution in [1.82, 2.24) is 25.4 Å². The van der Waals surface area contributed by atoms with Gasteiger partial charge in [-0.25, -0.2) is 9.98 Å². The number of piperazine rings is 1. The van der Waals surface area contributed by atoms with Crippen molar-refractivity contribution in [2.75, 3.05) is 52.4 Å². The van der Waals surface area contributed by atoms with Gasteiger partial charge in [0.25, 0.3) is 0 Å². The number of guanidine groups is 1. The van der Waals surface area contributed by atoms with Gasteiger partial charge in [-0.2, -0.15) is 0 Å². The zero-order chi connectivity index (χ0) is 17.4.